The first-order valence-electron chi connectivity index (χ1n) is 6.61. The summed E-state index contributed by atoms with van der Waals surface area (Å²) in [6.45, 7) is 4.70. The normalized spacial score (nSPS) is 10.2. The van der Waals surface area contributed by atoms with Gasteiger partial charge in [-0.15, -0.1) is 0 Å². The van der Waals surface area contributed by atoms with Gasteiger partial charge in [-0.25, -0.2) is 0 Å². The minimum absolute atomic E-state index is 0.610. The highest BCUT2D eigenvalue weighted by Crippen LogP contribution is 2.31. The summed E-state index contributed by atoms with van der Waals surface area (Å²) >= 11 is 0. The summed E-state index contributed by atoms with van der Waals surface area (Å²) in [5.41, 5.74) is 9.96. The number of aryl methyl sites for hydroxylation is 1. The number of nitrogens with one attached hydrogen (secondary N) is 1. The first-order valence-corrected chi connectivity index (χ1v) is 6.61. The van der Waals surface area contributed by atoms with Crippen LogP contribution >= 0.6 is 0 Å². The highest BCUT2D eigenvalue weighted by atomic mass is 16.5. The highest BCUT2D eigenvalue weighted by molar-refractivity contribution is 5.77. The van der Waals surface area contributed by atoms with Crippen molar-refractivity contribution in [1.29, 1.82) is 0 Å². The Morgan fingerprint density at radius 2 is 1.89 bits per heavy atom. The average molecular weight is 256 g/mol. The molecule has 0 radical (unpaired) electrons. The number of hydrogen-bond donors (Lipinski definition) is 2. The van der Waals surface area contributed by atoms with Crippen LogP contribution in [0.4, 0.5) is 17.1 Å². The Morgan fingerprint density at radius 3 is 2.63 bits per heavy atom. The minimum Gasteiger partial charge on any atom is -0.492 e. The lowest BCUT2D eigenvalue weighted by Gasteiger charge is -2.13. The molecule has 0 spiro atoms. The Labute approximate surface area is 114 Å². The standard InChI is InChI=1S/C16H20N2O/c1-3-12-7-5-8-13(11-12)18-14-9-6-10-15(16(14)17)19-4-2/h5-11,18H,3-4,17H2,1-2H3. The molecule has 0 saturated carbocycles. The van der Waals surface area contributed by atoms with Crippen molar-refractivity contribution in [1.82, 2.24) is 0 Å². The molecule has 0 unspecified atom stereocenters. The van der Waals surface area contributed by atoms with Gasteiger partial charge < -0.3 is 15.8 Å². The summed E-state index contributed by atoms with van der Waals surface area (Å²) in [6, 6.07) is 14.1. The Kier molecular flexibility index (Phi) is 4.29. The lowest BCUT2D eigenvalue weighted by Crippen LogP contribution is -2.01. The van der Waals surface area contributed by atoms with Crippen molar-refractivity contribution in [3.05, 3.63) is 48.0 Å². The fourth-order valence-electron chi connectivity index (χ4n) is 1.96. The highest BCUT2D eigenvalue weighted by Gasteiger charge is 2.05. The number of hydrogen-bond acceptors (Lipinski definition) is 3. The molecule has 0 fully saturated rings. The van der Waals surface area contributed by atoms with E-state index in [-0.39, 0.29) is 0 Å². The van der Waals surface area contributed by atoms with Gasteiger partial charge in [-0.2, -0.15) is 0 Å². The van der Waals surface area contributed by atoms with E-state index in [1.54, 1.807) is 0 Å². The van der Waals surface area contributed by atoms with Crippen LogP contribution in [0.25, 0.3) is 0 Å². The molecule has 2 rings (SSSR count). The molecule has 0 aromatic heterocycles. The molecule has 0 aliphatic carbocycles. The van der Waals surface area contributed by atoms with E-state index < -0.39 is 0 Å². The van der Waals surface area contributed by atoms with Crippen LogP contribution < -0.4 is 15.8 Å². The number of ether oxygens (including phenoxy) is 1. The van der Waals surface area contributed by atoms with Crippen molar-refractivity contribution in [3.63, 3.8) is 0 Å². The number of para-hydroxylation sites is 1. The van der Waals surface area contributed by atoms with Crippen LogP contribution in [-0.2, 0) is 6.42 Å². The zero-order valence-electron chi connectivity index (χ0n) is 11.4. The van der Waals surface area contributed by atoms with Gasteiger partial charge in [-0.3, -0.25) is 0 Å². The third kappa shape index (κ3) is 3.19. The van der Waals surface area contributed by atoms with E-state index in [1.807, 2.05) is 37.3 Å². The Morgan fingerprint density at radius 1 is 1.11 bits per heavy atom. The number of nitrogens with two attached hydrogens (primary N) is 1. The predicted octanol–water partition coefficient (Wildman–Crippen LogP) is 3.97. The van der Waals surface area contributed by atoms with E-state index in [4.69, 9.17) is 10.5 Å². The van der Waals surface area contributed by atoms with E-state index in [0.29, 0.717) is 12.3 Å². The van der Waals surface area contributed by atoms with Crippen molar-refractivity contribution in [3.8, 4) is 5.75 Å². The molecule has 2 aromatic carbocycles. The molecule has 3 heteroatoms. The van der Waals surface area contributed by atoms with Crippen LogP contribution in [0.5, 0.6) is 5.75 Å². The minimum atomic E-state index is 0.610. The van der Waals surface area contributed by atoms with E-state index in [0.717, 1.165) is 23.5 Å². The lowest BCUT2D eigenvalue weighted by molar-refractivity contribution is 0.342. The monoisotopic (exact) mass is 256 g/mol. The van der Waals surface area contributed by atoms with Crippen LogP contribution in [-0.4, -0.2) is 6.61 Å². The summed E-state index contributed by atoms with van der Waals surface area (Å²) in [7, 11) is 0. The van der Waals surface area contributed by atoms with Gasteiger partial charge in [-0.1, -0.05) is 25.1 Å². The fourth-order valence-corrected chi connectivity index (χ4v) is 1.96. The van der Waals surface area contributed by atoms with E-state index in [9.17, 15) is 0 Å². The fraction of sp³-hybridized carbons (Fsp3) is 0.250. The quantitative estimate of drug-likeness (QED) is 0.796. The Hall–Kier alpha value is -2.16. The molecule has 0 heterocycles. The largest absolute Gasteiger partial charge is 0.492 e. The molecule has 3 nitrogen and oxygen atoms in total. The maximum atomic E-state index is 6.10. The number of anilines is 3. The van der Waals surface area contributed by atoms with Crippen LogP contribution in [0.1, 0.15) is 19.4 Å². The summed E-state index contributed by atoms with van der Waals surface area (Å²) in [4.78, 5) is 0. The Bertz CT molecular complexity index is 552. The van der Waals surface area contributed by atoms with Crippen molar-refractivity contribution in [2.24, 2.45) is 0 Å². The van der Waals surface area contributed by atoms with Gasteiger partial charge in [0.15, 0.2) is 0 Å². The lowest BCUT2D eigenvalue weighted by atomic mass is 10.1. The second-order valence-corrected chi connectivity index (χ2v) is 4.33. The SMILES string of the molecule is CCOc1cccc(Nc2cccc(CC)c2)c1N. The third-order valence-electron chi connectivity index (χ3n) is 2.98. The predicted molar refractivity (Wildman–Crippen MR) is 81.1 cm³/mol. The molecule has 0 bridgehead atoms. The molecular weight excluding hydrogens is 236 g/mol. The van der Waals surface area contributed by atoms with Crippen molar-refractivity contribution >= 4 is 17.1 Å². The molecule has 0 aliphatic rings. The molecule has 3 N–H and O–H groups in total. The topological polar surface area (TPSA) is 47.3 Å². The van der Waals surface area contributed by atoms with Crippen LogP contribution in [0, 0.1) is 0 Å². The zero-order valence-corrected chi connectivity index (χ0v) is 11.4. The maximum absolute atomic E-state index is 6.10. The van der Waals surface area contributed by atoms with Crippen molar-refractivity contribution in [2.75, 3.05) is 17.7 Å². The Balaban J connectivity index is 2.25. The van der Waals surface area contributed by atoms with Gasteiger partial charge in [0.1, 0.15) is 5.75 Å². The molecular formula is C16H20N2O. The van der Waals surface area contributed by atoms with Crippen molar-refractivity contribution < 1.29 is 4.74 Å². The number of benzene rings is 2. The van der Waals surface area contributed by atoms with E-state index in [1.165, 1.54) is 5.56 Å². The van der Waals surface area contributed by atoms with Gasteiger partial charge in [0.2, 0.25) is 0 Å². The molecule has 2 aromatic rings. The number of rotatable bonds is 5. The molecule has 100 valence electrons. The van der Waals surface area contributed by atoms with Gasteiger partial charge in [0.05, 0.1) is 18.0 Å². The van der Waals surface area contributed by atoms with E-state index in [2.05, 4.69) is 24.4 Å². The second kappa shape index (κ2) is 6.14. The van der Waals surface area contributed by atoms with Crippen LogP contribution in [0.3, 0.4) is 0 Å². The third-order valence-corrected chi connectivity index (χ3v) is 2.98. The van der Waals surface area contributed by atoms with Gasteiger partial charge in [-0.05, 0) is 43.2 Å². The zero-order chi connectivity index (χ0) is 13.7. The molecule has 0 atom stereocenters. The van der Waals surface area contributed by atoms with E-state index >= 15 is 0 Å². The van der Waals surface area contributed by atoms with Crippen LogP contribution in [0.15, 0.2) is 42.5 Å². The second-order valence-electron chi connectivity index (χ2n) is 4.33. The summed E-state index contributed by atoms with van der Waals surface area (Å²) in [5, 5.41) is 3.34. The van der Waals surface area contributed by atoms with Crippen molar-refractivity contribution in [2.45, 2.75) is 20.3 Å². The molecule has 19 heavy (non-hydrogen) atoms. The summed E-state index contributed by atoms with van der Waals surface area (Å²) in [6.07, 6.45) is 1.02. The first kappa shape index (κ1) is 13.3. The molecule has 0 amide bonds. The maximum Gasteiger partial charge on any atom is 0.144 e. The average Bonchev–Trinajstić information content (AvgIpc) is 2.44. The summed E-state index contributed by atoms with van der Waals surface area (Å²) < 4.78 is 5.49. The smallest absolute Gasteiger partial charge is 0.144 e. The van der Waals surface area contributed by atoms with Gasteiger partial charge in [0.25, 0.3) is 0 Å². The molecule has 0 aliphatic heterocycles. The van der Waals surface area contributed by atoms with Gasteiger partial charge in [0, 0.05) is 5.69 Å². The van der Waals surface area contributed by atoms with Gasteiger partial charge >= 0.3 is 0 Å². The van der Waals surface area contributed by atoms with Crippen LogP contribution in [0.2, 0.25) is 0 Å². The first-order chi connectivity index (χ1) is 9.24. The number of nitrogen functional groups attached to an aromatic ring is 1. The summed E-state index contributed by atoms with van der Waals surface area (Å²) in [5.74, 6) is 0.721. The molecule has 0 saturated heterocycles.